The number of para-hydroxylation sites is 1. The van der Waals surface area contributed by atoms with Crippen molar-refractivity contribution in [2.24, 2.45) is 0 Å². The zero-order chi connectivity index (χ0) is 24.5. The monoisotopic (exact) mass is 542 g/mol. The number of anilines is 2. The number of hydrogen-bond donors (Lipinski definition) is 3. The van der Waals surface area contributed by atoms with Crippen molar-refractivity contribution in [1.29, 1.82) is 0 Å². The van der Waals surface area contributed by atoms with Gasteiger partial charge in [0.05, 0.1) is 5.56 Å². The summed E-state index contributed by atoms with van der Waals surface area (Å²) in [5.41, 5.74) is 5.27. The first-order valence-electron chi connectivity index (χ1n) is 10.6. The molecule has 0 bridgehead atoms. The lowest BCUT2D eigenvalue weighted by molar-refractivity contribution is -0.157. The van der Waals surface area contributed by atoms with Gasteiger partial charge in [0.15, 0.2) is 4.87 Å². The summed E-state index contributed by atoms with van der Waals surface area (Å²) in [4.78, 5) is 26.7. The maximum absolute atomic E-state index is 13.2. The summed E-state index contributed by atoms with van der Waals surface area (Å²) in [7, 11) is 3.88. The van der Waals surface area contributed by atoms with E-state index < -0.39 is 22.7 Å². The van der Waals surface area contributed by atoms with Crippen molar-refractivity contribution in [3.8, 4) is 5.75 Å². The molecule has 2 atom stereocenters. The highest BCUT2D eigenvalue weighted by Crippen LogP contribution is 2.47. The molecule has 7 nitrogen and oxygen atoms in total. The molecular weight excluding hydrogens is 520 g/mol. The second-order valence-corrected chi connectivity index (χ2v) is 9.83. The fraction of sp³-hybridized carbons (Fsp3) is 0.200. The molecule has 0 aromatic heterocycles. The lowest BCUT2D eigenvalue weighted by Crippen LogP contribution is -2.72. The number of nitrogens with one attached hydrogen (secondary N) is 2. The number of halogens is 2. The van der Waals surface area contributed by atoms with Crippen LogP contribution in [-0.4, -0.2) is 47.4 Å². The molecule has 0 radical (unpaired) electrons. The maximum Gasteiger partial charge on any atom is 0.273 e. The Morgan fingerprint density at radius 3 is 2.35 bits per heavy atom. The highest BCUT2D eigenvalue weighted by atomic mass is 79.9. The van der Waals surface area contributed by atoms with Crippen molar-refractivity contribution in [2.75, 3.05) is 30.9 Å². The van der Waals surface area contributed by atoms with E-state index in [9.17, 15) is 14.7 Å². The van der Waals surface area contributed by atoms with E-state index in [0.29, 0.717) is 0 Å². The lowest BCUT2D eigenvalue weighted by Gasteiger charge is -2.52. The van der Waals surface area contributed by atoms with Gasteiger partial charge in [-0.15, -0.1) is 11.6 Å². The third kappa shape index (κ3) is 4.56. The van der Waals surface area contributed by atoms with Crippen LogP contribution in [0.4, 0.5) is 11.4 Å². The van der Waals surface area contributed by atoms with Gasteiger partial charge < -0.3 is 15.3 Å². The number of nitrogens with zero attached hydrogens (tertiary/aromatic N) is 2. The zero-order valence-corrected chi connectivity index (χ0v) is 21.0. The molecule has 0 aliphatic carbocycles. The largest absolute Gasteiger partial charge is 0.507 e. The van der Waals surface area contributed by atoms with Crippen molar-refractivity contribution in [3.63, 3.8) is 0 Å². The molecule has 2 amide bonds. The van der Waals surface area contributed by atoms with Gasteiger partial charge in [-0.25, -0.2) is 5.01 Å². The van der Waals surface area contributed by atoms with Crippen LogP contribution in [0.3, 0.4) is 0 Å². The first-order valence-corrected chi connectivity index (χ1v) is 11.8. The predicted octanol–water partition coefficient (Wildman–Crippen LogP) is 4.54. The Morgan fingerprint density at radius 1 is 1.09 bits per heavy atom. The Bertz CT molecular complexity index is 1200. The first-order chi connectivity index (χ1) is 16.2. The molecule has 3 aromatic rings. The molecule has 1 saturated heterocycles. The number of alkyl halides is 1. The molecule has 1 fully saturated rings. The SMILES string of the molecule is CN(C)c1ccc(C2N(NC(=O)c3ccccc3O)C(=O)C2(Cl)CNc2ccc(Br)cc2)cc1. The van der Waals surface area contributed by atoms with Gasteiger partial charge in [-0.05, 0) is 54.1 Å². The van der Waals surface area contributed by atoms with Crippen LogP contribution in [0.5, 0.6) is 5.75 Å². The third-order valence-electron chi connectivity index (χ3n) is 5.76. The van der Waals surface area contributed by atoms with E-state index in [1.165, 1.54) is 17.1 Å². The number of carbonyl (C=O) groups excluding carboxylic acids is 2. The Balaban J connectivity index is 1.61. The summed E-state index contributed by atoms with van der Waals surface area (Å²) >= 11 is 10.3. The second-order valence-electron chi connectivity index (χ2n) is 8.24. The molecule has 1 aliphatic heterocycles. The minimum Gasteiger partial charge on any atom is -0.507 e. The van der Waals surface area contributed by atoms with E-state index in [4.69, 9.17) is 11.6 Å². The normalized spacial score (nSPS) is 19.4. The third-order valence-corrected chi connectivity index (χ3v) is 6.79. The molecule has 1 heterocycles. The van der Waals surface area contributed by atoms with Crippen LogP contribution in [0.1, 0.15) is 22.0 Å². The number of phenols is 1. The molecule has 0 saturated carbocycles. The summed E-state index contributed by atoms with van der Waals surface area (Å²) in [6.45, 7) is 0.151. The van der Waals surface area contributed by atoms with E-state index in [0.717, 1.165) is 21.4 Å². The van der Waals surface area contributed by atoms with Crippen LogP contribution in [0.25, 0.3) is 0 Å². The van der Waals surface area contributed by atoms with Crippen LogP contribution >= 0.6 is 27.5 Å². The molecule has 3 N–H and O–H groups in total. The van der Waals surface area contributed by atoms with Crippen LogP contribution in [-0.2, 0) is 4.79 Å². The second kappa shape index (κ2) is 9.56. The molecule has 3 aromatic carbocycles. The number of rotatable bonds is 7. The number of hydrazine groups is 1. The van der Waals surface area contributed by atoms with Crippen LogP contribution in [0, 0.1) is 0 Å². The standard InChI is InChI=1S/C25H24BrClN4O3/c1-30(2)19-13-7-16(8-14-19)22-25(27,15-28-18-11-9-17(26)10-12-18)24(34)31(22)29-23(33)20-5-3-4-6-21(20)32/h3-14,22,28,32H,15H2,1-2H3,(H,29,33). The van der Waals surface area contributed by atoms with E-state index in [-0.39, 0.29) is 17.9 Å². The molecule has 0 spiro atoms. The number of amides is 2. The van der Waals surface area contributed by atoms with Crippen molar-refractivity contribution in [2.45, 2.75) is 10.9 Å². The summed E-state index contributed by atoms with van der Waals surface area (Å²) in [6.07, 6.45) is 0. The first kappa shape index (κ1) is 23.9. The fourth-order valence-corrected chi connectivity index (χ4v) is 4.51. The number of benzene rings is 3. The van der Waals surface area contributed by atoms with Gasteiger partial charge in [0, 0.05) is 36.5 Å². The molecule has 176 valence electrons. The van der Waals surface area contributed by atoms with Crippen molar-refractivity contribution in [3.05, 3.63) is 88.4 Å². The summed E-state index contributed by atoms with van der Waals surface area (Å²) in [5.74, 6) is -1.21. The van der Waals surface area contributed by atoms with E-state index in [1.54, 1.807) is 12.1 Å². The quantitative estimate of drug-likeness (QED) is 0.301. The number of carbonyl (C=O) groups is 2. The van der Waals surface area contributed by atoms with Crippen molar-refractivity contribution in [1.82, 2.24) is 10.4 Å². The Hall–Kier alpha value is -3.23. The van der Waals surface area contributed by atoms with Crippen molar-refractivity contribution < 1.29 is 14.7 Å². The van der Waals surface area contributed by atoms with Crippen LogP contribution < -0.4 is 15.6 Å². The molecule has 4 rings (SSSR count). The molecular formula is C25H24BrClN4O3. The lowest BCUT2D eigenvalue weighted by atomic mass is 9.82. The highest BCUT2D eigenvalue weighted by Gasteiger charge is 2.61. The highest BCUT2D eigenvalue weighted by molar-refractivity contribution is 9.10. The van der Waals surface area contributed by atoms with Gasteiger partial charge in [0.2, 0.25) is 0 Å². The Labute approximate surface area is 211 Å². The molecule has 34 heavy (non-hydrogen) atoms. The molecule has 2 unspecified atom stereocenters. The van der Waals surface area contributed by atoms with Gasteiger partial charge in [-0.1, -0.05) is 40.2 Å². The van der Waals surface area contributed by atoms with Crippen LogP contribution in [0.2, 0.25) is 0 Å². The van der Waals surface area contributed by atoms with Gasteiger partial charge in [-0.2, -0.15) is 0 Å². The smallest absolute Gasteiger partial charge is 0.273 e. The molecule has 1 aliphatic rings. The Kier molecular flexibility index (Phi) is 6.72. The minimum absolute atomic E-state index is 0.0667. The van der Waals surface area contributed by atoms with Gasteiger partial charge in [0.1, 0.15) is 11.8 Å². The van der Waals surface area contributed by atoms with E-state index in [2.05, 4.69) is 26.7 Å². The Morgan fingerprint density at radius 2 is 1.74 bits per heavy atom. The number of β-lactam (4-membered cyclic amide) rings is 1. The van der Waals surface area contributed by atoms with Gasteiger partial charge >= 0.3 is 0 Å². The van der Waals surface area contributed by atoms with Gasteiger partial charge in [0.25, 0.3) is 11.8 Å². The summed E-state index contributed by atoms with van der Waals surface area (Å²) < 4.78 is 0.940. The summed E-state index contributed by atoms with van der Waals surface area (Å²) in [6, 6.07) is 20.7. The van der Waals surface area contributed by atoms with E-state index >= 15 is 0 Å². The fourth-order valence-electron chi connectivity index (χ4n) is 3.86. The predicted molar refractivity (Wildman–Crippen MR) is 137 cm³/mol. The zero-order valence-electron chi connectivity index (χ0n) is 18.6. The number of aromatic hydroxyl groups is 1. The average Bonchev–Trinajstić information content (AvgIpc) is 2.83. The molecule has 9 heteroatoms. The minimum atomic E-state index is -1.32. The number of phenolic OH excluding ortho intramolecular Hbond substituents is 1. The summed E-state index contributed by atoms with van der Waals surface area (Å²) in [5, 5.41) is 14.5. The number of hydrogen-bond acceptors (Lipinski definition) is 5. The topological polar surface area (TPSA) is 84.9 Å². The van der Waals surface area contributed by atoms with Gasteiger partial charge in [-0.3, -0.25) is 15.0 Å². The van der Waals surface area contributed by atoms with E-state index in [1.807, 2.05) is 67.5 Å². The van der Waals surface area contributed by atoms with Crippen molar-refractivity contribution >= 4 is 50.7 Å². The van der Waals surface area contributed by atoms with Crippen LogP contribution in [0.15, 0.2) is 77.3 Å². The maximum atomic E-state index is 13.2. The average molecular weight is 544 g/mol.